The van der Waals surface area contributed by atoms with Gasteiger partial charge in [0.2, 0.25) is 5.91 Å². The number of carbonyl (C=O) groups excluding carboxylic acids is 2. The van der Waals surface area contributed by atoms with E-state index in [1.54, 1.807) is 12.1 Å². The smallest absolute Gasteiger partial charge is 0.321 e. The molecule has 26 heavy (non-hydrogen) atoms. The molecule has 0 fully saturated rings. The van der Waals surface area contributed by atoms with Crippen LogP contribution in [-0.2, 0) is 11.3 Å². The lowest BCUT2D eigenvalue weighted by Crippen LogP contribution is -2.39. The molecule has 0 unspecified atom stereocenters. The summed E-state index contributed by atoms with van der Waals surface area (Å²) in [5.41, 5.74) is 0.953. The Morgan fingerprint density at radius 1 is 1.08 bits per heavy atom. The number of carbonyl (C=O) groups is 2. The van der Waals surface area contributed by atoms with Gasteiger partial charge in [0.25, 0.3) is 11.1 Å². The fourth-order valence-electron chi connectivity index (χ4n) is 2.01. The number of rotatable bonds is 7. The van der Waals surface area contributed by atoms with Crippen molar-refractivity contribution in [1.82, 2.24) is 20.8 Å². The fourth-order valence-corrected chi connectivity index (χ4v) is 2.71. The third kappa shape index (κ3) is 5.21. The summed E-state index contributed by atoms with van der Waals surface area (Å²) in [5.74, 6) is 0.783. The second-order valence-corrected chi connectivity index (χ2v) is 6.21. The number of amides is 3. The van der Waals surface area contributed by atoms with Crippen molar-refractivity contribution in [2.24, 2.45) is 0 Å². The SMILES string of the molecule is O=C(CCSc1nnc(-c2ccco2)o1)NC(=O)NCc1ccccc1. The quantitative estimate of drug-likeness (QED) is 0.614. The summed E-state index contributed by atoms with van der Waals surface area (Å²) in [6.07, 6.45) is 1.65. The van der Waals surface area contributed by atoms with Crippen LogP contribution in [0.15, 0.2) is 62.8 Å². The van der Waals surface area contributed by atoms with Crippen molar-refractivity contribution in [3.05, 3.63) is 54.3 Å². The lowest BCUT2D eigenvalue weighted by Gasteiger charge is -2.06. The molecule has 9 heteroatoms. The number of urea groups is 1. The molecule has 3 amide bonds. The first kappa shape index (κ1) is 17.7. The van der Waals surface area contributed by atoms with Crippen LogP contribution in [0.1, 0.15) is 12.0 Å². The number of benzene rings is 1. The molecule has 0 atom stereocenters. The second kappa shape index (κ2) is 8.86. The van der Waals surface area contributed by atoms with Gasteiger partial charge in [-0.3, -0.25) is 10.1 Å². The normalized spacial score (nSPS) is 10.5. The monoisotopic (exact) mass is 372 g/mol. The largest absolute Gasteiger partial charge is 0.459 e. The minimum absolute atomic E-state index is 0.141. The number of thioether (sulfide) groups is 1. The van der Waals surface area contributed by atoms with Gasteiger partial charge < -0.3 is 14.2 Å². The van der Waals surface area contributed by atoms with E-state index in [0.717, 1.165) is 5.56 Å². The molecular formula is C17H16N4O4S. The Bertz CT molecular complexity index is 849. The zero-order valence-corrected chi connectivity index (χ0v) is 14.5. The molecule has 0 spiro atoms. The summed E-state index contributed by atoms with van der Waals surface area (Å²) in [6, 6.07) is 12.3. The minimum Gasteiger partial charge on any atom is -0.459 e. The Morgan fingerprint density at radius 2 is 1.92 bits per heavy atom. The van der Waals surface area contributed by atoms with Crippen molar-refractivity contribution in [3.8, 4) is 11.7 Å². The van der Waals surface area contributed by atoms with Crippen molar-refractivity contribution >= 4 is 23.7 Å². The van der Waals surface area contributed by atoms with Crippen LogP contribution in [0, 0.1) is 0 Å². The number of nitrogens with one attached hydrogen (secondary N) is 2. The number of imide groups is 1. The third-order valence-electron chi connectivity index (χ3n) is 3.24. The molecule has 0 saturated heterocycles. The molecule has 0 aliphatic heterocycles. The summed E-state index contributed by atoms with van der Waals surface area (Å²) in [7, 11) is 0. The van der Waals surface area contributed by atoms with Gasteiger partial charge in [-0.25, -0.2) is 4.79 Å². The van der Waals surface area contributed by atoms with Crippen molar-refractivity contribution in [2.75, 3.05) is 5.75 Å². The molecule has 2 N–H and O–H groups in total. The molecule has 134 valence electrons. The molecule has 2 aromatic heterocycles. The predicted octanol–water partition coefficient (Wildman–Crippen LogP) is 2.84. The van der Waals surface area contributed by atoms with Crippen LogP contribution in [0.25, 0.3) is 11.7 Å². The molecule has 3 aromatic rings. The van der Waals surface area contributed by atoms with Crippen LogP contribution in [0.5, 0.6) is 0 Å². The van der Waals surface area contributed by atoms with E-state index in [9.17, 15) is 9.59 Å². The zero-order chi connectivity index (χ0) is 18.2. The van der Waals surface area contributed by atoms with E-state index in [0.29, 0.717) is 23.3 Å². The number of hydrogen-bond donors (Lipinski definition) is 2. The molecule has 1 aromatic carbocycles. The molecule has 3 rings (SSSR count). The van der Waals surface area contributed by atoms with E-state index in [1.165, 1.54) is 18.0 Å². The van der Waals surface area contributed by atoms with Gasteiger partial charge in [0.05, 0.1) is 6.26 Å². The third-order valence-corrected chi connectivity index (χ3v) is 4.06. The average molecular weight is 372 g/mol. The summed E-state index contributed by atoms with van der Waals surface area (Å²) < 4.78 is 10.6. The lowest BCUT2D eigenvalue weighted by molar-refractivity contribution is -0.119. The van der Waals surface area contributed by atoms with Gasteiger partial charge in [-0.2, -0.15) is 0 Å². The topological polar surface area (TPSA) is 110 Å². The van der Waals surface area contributed by atoms with Gasteiger partial charge in [0.1, 0.15) is 0 Å². The van der Waals surface area contributed by atoms with Crippen LogP contribution in [0.2, 0.25) is 0 Å². The highest BCUT2D eigenvalue weighted by atomic mass is 32.2. The minimum atomic E-state index is -0.526. The highest BCUT2D eigenvalue weighted by Gasteiger charge is 2.12. The van der Waals surface area contributed by atoms with E-state index >= 15 is 0 Å². The molecule has 0 radical (unpaired) electrons. The van der Waals surface area contributed by atoms with Gasteiger partial charge in [-0.15, -0.1) is 10.2 Å². The first-order chi connectivity index (χ1) is 12.7. The van der Waals surface area contributed by atoms with Gasteiger partial charge in [-0.05, 0) is 17.7 Å². The first-order valence-electron chi connectivity index (χ1n) is 7.82. The Morgan fingerprint density at radius 3 is 2.69 bits per heavy atom. The highest BCUT2D eigenvalue weighted by Crippen LogP contribution is 2.23. The van der Waals surface area contributed by atoms with Gasteiger partial charge >= 0.3 is 6.03 Å². The van der Waals surface area contributed by atoms with Crippen LogP contribution in [0.4, 0.5) is 4.79 Å². The standard InChI is InChI=1S/C17H16N4O4S/c22-14(19-16(23)18-11-12-5-2-1-3-6-12)8-10-26-17-21-20-15(25-17)13-7-4-9-24-13/h1-7,9H,8,10-11H2,(H2,18,19,22,23). The molecule has 2 heterocycles. The Kier molecular flexibility index (Phi) is 6.05. The van der Waals surface area contributed by atoms with E-state index in [4.69, 9.17) is 8.83 Å². The lowest BCUT2D eigenvalue weighted by atomic mass is 10.2. The first-order valence-corrected chi connectivity index (χ1v) is 8.81. The Hall–Kier alpha value is -3.07. The molecular weight excluding hydrogens is 356 g/mol. The molecule has 0 aliphatic rings. The van der Waals surface area contributed by atoms with Gasteiger partial charge in [0, 0.05) is 18.7 Å². The van der Waals surface area contributed by atoms with Crippen molar-refractivity contribution in [1.29, 1.82) is 0 Å². The zero-order valence-electron chi connectivity index (χ0n) is 13.7. The number of furan rings is 1. The summed E-state index contributed by atoms with van der Waals surface area (Å²) in [5, 5.41) is 13.0. The van der Waals surface area contributed by atoms with Crippen LogP contribution in [-0.4, -0.2) is 27.9 Å². The maximum absolute atomic E-state index is 11.8. The summed E-state index contributed by atoms with van der Waals surface area (Å²) in [4.78, 5) is 23.5. The predicted molar refractivity (Wildman–Crippen MR) is 94.2 cm³/mol. The number of aromatic nitrogens is 2. The highest BCUT2D eigenvalue weighted by molar-refractivity contribution is 7.99. The van der Waals surface area contributed by atoms with Crippen molar-refractivity contribution in [3.63, 3.8) is 0 Å². The van der Waals surface area contributed by atoms with E-state index in [1.807, 2.05) is 30.3 Å². The van der Waals surface area contributed by atoms with Crippen molar-refractivity contribution < 1.29 is 18.4 Å². The van der Waals surface area contributed by atoms with Crippen molar-refractivity contribution in [2.45, 2.75) is 18.2 Å². The molecule has 0 bridgehead atoms. The maximum atomic E-state index is 11.8. The number of hydrogen-bond acceptors (Lipinski definition) is 7. The van der Waals surface area contributed by atoms with E-state index in [2.05, 4.69) is 20.8 Å². The van der Waals surface area contributed by atoms with Crippen LogP contribution >= 0.6 is 11.8 Å². The van der Waals surface area contributed by atoms with E-state index in [-0.39, 0.29) is 18.2 Å². The molecule has 8 nitrogen and oxygen atoms in total. The van der Waals surface area contributed by atoms with Gasteiger partial charge in [-0.1, -0.05) is 42.1 Å². The second-order valence-electron chi connectivity index (χ2n) is 5.17. The maximum Gasteiger partial charge on any atom is 0.321 e. The fraction of sp³-hybridized carbons (Fsp3) is 0.176. The Labute approximate surface area is 153 Å². The average Bonchev–Trinajstić information content (AvgIpc) is 3.32. The molecule has 0 saturated carbocycles. The summed E-state index contributed by atoms with van der Waals surface area (Å²) in [6.45, 7) is 0.353. The van der Waals surface area contributed by atoms with Gasteiger partial charge in [0.15, 0.2) is 5.76 Å². The van der Waals surface area contributed by atoms with E-state index < -0.39 is 6.03 Å². The number of nitrogens with zero attached hydrogens (tertiary/aromatic N) is 2. The molecule has 0 aliphatic carbocycles. The van der Waals surface area contributed by atoms with Crippen LogP contribution < -0.4 is 10.6 Å². The Balaban J connectivity index is 1.35. The summed E-state index contributed by atoms with van der Waals surface area (Å²) >= 11 is 1.23. The van der Waals surface area contributed by atoms with Crippen LogP contribution in [0.3, 0.4) is 0 Å².